The molecular formula is C10H19N3O2. The van der Waals surface area contributed by atoms with Crippen LogP contribution in [-0.2, 0) is 9.59 Å². The normalized spacial score (nSPS) is 18.4. The van der Waals surface area contributed by atoms with Crippen LogP contribution in [0.4, 0.5) is 0 Å². The highest BCUT2D eigenvalue weighted by Crippen LogP contribution is 2.06. The van der Waals surface area contributed by atoms with Crippen LogP contribution >= 0.6 is 0 Å². The Hall–Kier alpha value is -1.10. The van der Waals surface area contributed by atoms with Gasteiger partial charge in [0.25, 0.3) is 0 Å². The maximum atomic E-state index is 12.0. The molecule has 0 aromatic heterocycles. The van der Waals surface area contributed by atoms with Crippen LogP contribution < -0.4 is 5.32 Å². The molecule has 1 fully saturated rings. The third-order valence-corrected chi connectivity index (χ3v) is 2.76. The summed E-state index contributed by atoms with van der Waals surface area (Å²) in [6, 6.07) is -0.305. The van der Waals surface area contributed by atoms with Crippen molar-refractivity contribution < 1.29 is 9.59 Å². The zero-order chi connectivity index (χ0) is 11.3. The number of piperazine rings is 1. The second kappa shape index (κ2) is 5.70. The fourth-order valence-electron chi connectivity index (χ4n) is 1.81. The van der Waals surface area contributed by atoms with E-state index in [0.717, 1.165) is 26.2 Å². The molecule has 1 heterocycles. The first-order valence-corrected chi connectivity index (χ1v) is 5.37. The SMILES string of the molecule is CCC(C(=O)N1CCNCC1)N(C)C=O. The number of amides is 2. The minimum absolute atomic E-state index is 0.0635. The maximum Gasteiger partial charge on any atom is 0.245 e. The highest BCUT2D eigenvalue weighted by molar-refractivity contribution is 5.83. The van der Waals surface area contributed by atoms with Crippen LogP contribution in [-0.4, -0.2) is 61.4 Å². The zero-order valence-electron chi connectivity index (χ0n) is 9.40. The summed E-state index contributed by atoms with van der Waals surface area (Å²) in [6.45, 7) is 5.08. The summed E-state index contributed by atoms with van der Waals surface area (Å²) in [5.74, 6) is 0.0635. The highest BCUT2D eigenvalue weighted by atomic mass is 16.2. The van der Waals surface area contributed by atoms with Crippen molar-refractivity contribution in [3.05, 3.63) is 0 Å². The van der Waals surface area contributed by atoms with Crippen LogP contribution in [0.25, 0.3) is 0 Å². The topological polar surface area (TPSA) is 52.7 Å². The third kappa shape index (κ3) is 2.92. The Morgan fingerprint density at radius 2 is 2.13 bits per heavy atom. The zero-order valence-corrected chi connectivity index (χ0v) is 9.40. The Bertz CT molecular complexity index is 227. The van der Waals surface area contributed by atoms with E-state index in [0.29, 0.717) is 12.8 Å². The number of carbonyl (C=O) groups excluding carboxylic acids is 2. The van der Waals surface area contributed by atoms with Gasteiger partial charge in [-0.25, -0.2) is 0 Å². The molecule has 0 spiro atoms. The molecule has 1 unspecified atom stereocenters. The molecule has 2 amide bonds. The Morgan fingerprint density at radius 3 is 2.60 bits per heavy atom. The van der Waals surface area contributed by atoms with E-state index < -0.39 is 0 Å². The van der Waals surface area contributed by atoms with Gasteiger partial charge in [0.15, 0.2) is 0 Å². The lowest BCUT2D eigenvalue weighted by Crippen LogP contribution is -2.53. The first-order valence-electron chi connectivity index (χ1n) is 5.37. The lowest BCUT2D eigenvalue weighted by molar-refractivity contribution is -0.140. The Kier molecular flexibility index (Phi) is 4.55. The van der Waals surface area contributed by atoms with Crippen molar-refractivity contribution in [1.29, 1.82) is 0 Å². The number of nitrogens with zero attached hydrogens (tertiary/aromatic N) is 2. The number of hydrogen-bond donors (Lipinski definition) is 1. The van der Waals surface area contributed by atoms with Crippen LogP contribution in [0.3, 0.4) is 0 Å². The van der Waals surface area contributed by atoms with Crippen molar-refractivity contribution >= 4 is 12.3 Å². The van der Waals surface area contributed by atoms with Crippen molar-refractivity contribution in [2.45, 2.75) is 19.4 Å². The van der Waals surface area contributed by atoms with Gasteiger partial charge in [0.1, 0.15) is 6.04 Å². The molecule has 1 atom stereocenters. The van der Waals surface area contributed by atoms with Gasteiger partial charge in [-0.3, -0.25) is 9.59 Å². The number of nitrogens with one attached hydrogen (secondary N) is 1. The van der Waals surface area contributed by atoms with Crippen molar-refractivity contribution in [3.63, 3.8) is 0 Å². The molecular weight excluding hydrogens is 194 g/mol. The summed E-state index contributed by atoms with van der Waals surface area (Å²) >= 11 is 0. The summed E-state index contributed by atoms with van der Waals surface area (Å²) in [7, 11) is 1.65. The second-order valence-corrected chi connectivity index (χ2v) is 3.77. The molecule has 0 aromatic carbocycles. The number of rotatable bonds is 4. The van der Waals surface area contributed by atoms with E-state index in [4.69, 9.17) is 0 Å². The number of likely N-dealkylation sites (N-methyl/N-ethyl adjacent to an activating group) is 1. The molecule has 0 aromatic rings. The average Bonchev–Trinajstić information content (AvgIpc) is 2.30. The molecule has 15 heavy (non-hydrogen) atoms. The molecule has 1 aliphatic rings. The second-order valence-electron chi connectivity index (χ2n) is 3.77. The lowest BCUT2D eigenvalue weighted by Gasteiger charge is -2.32. The molecule has 5 heteroatoms. The van der Waals surface area contributed by atoms with Gasteiger partial charge in [0.05, 0.1) is 0 Å². The Morgan fingerprint density at radius 1 is 1.53 bits per heavy atom. The molecule has 1 rings (SSSR count). The van der Waals surface area contributed by atoms with E-state index in [1.165, 1.54) is 4.90 Å². The quantitative estimate of drug-likeness (QED) is 0.627. The fourth-order valence-corrected chi connectivity index (χ4v) is 1.81. The first-order chi connectivity index (χ1) is 7.20. The van der Waals surface area contributed by atoms with Crippen LogP contribution in [0, 0.1) is 0 Å². The molecule has 0 radical (unpaired) electrons. The molecule has 0 aliphatic carbocycles. The fraction of sp³-hybridized carbons (Fsp3) is 0.800. The number of carbonyl (C=O) groups is 2. The molecule has 1 aliphatic heterocycles. The van der Waals surface area contributed by atoms with E-state index in [1.54, 1.807) is 7.05 Å². The van der Waals surface area contributed by atoms with Crippen LogP contribution in [0.1, 0.15) is 13.3 Å². The molecule has 86 valence electrons. The molecule has 5 nitrogen and oxygen atoms in total. The van der Waals surface area contributed by atoms with E-state index in [2.05, 4.69) is 5.32 Å². The number of hydrogen-bond acceptors (Lipinski definition) is 3. The van der Waals surface area contributed by atoms with Gasteiger partial charge in [0.2, 0.25) is 12.3 Å². The van der Waals surface area contributed by atoms with E-state index >= 15 is 0 Å². The summed E-state index contributed by atoms with van der Waals surface area (Å²) in [5.41, 5.74) is 0. The van der Waals surface area contributed by atoms with Crippen molar-refractivity contribution in [3.8, 4) is 0 Å². The average molecular weight is 213 g/mol. The van der Waals surface area contributed by atoms with Gasteiger partial charge >= 0.3 is 0 Å². The van der Waals surface area contributed by atoms with Crippen molar-refractivity contribution in [1.82, 2.24) is 15.1 Å². The summed E-state index contributed by atoms with van der Waals surface area (Å²) in [6.07, 6.45) is 1.38. The monoisotopic (exact) mass is 213 g/mol. The Balaban J connectivity index is 2.58. The maximum absolute atomic E-state index is 12.0. The van der Waals surface area contributed by atoms with Crippen molar-refractivity contribution in [2.24, 2.45) is 0 Å². The molecule has 0 saturated carbocycles. The van der Waals surface area contributed by atoms with Gasteiger partial charge < -0.3 is 15.1 Å². The third-order valence-electron chi connectivity index (χ3n) is 2.76. The molecule has 0 bridgehead atoms. The summed E-state index contributed by atoms with van der Waals surface area (Å²) < 4.78 is 0. The standard InChI is InChI=1S/C10H19N3O2/c1-3-9(12(2)8-14)10(15)13-6-4-11-5-7-13/h8-9,11H,3-7H2,1-2H3. The van der Waals surface area contributed by atoms with Crippen LogP contribution in [0.5, 0.6) is 0 Å². The van der Waals surface area contributed by atoms with Crippen LogP contribution in [0.2, 0.25) is 0 Å². The predicted octanol–water partition coefficient (Wildman–Crippen LogP) is -0.715. The van der Waals surface area contributed by atoms with E-state index in [-0.39, 0.29) is 11.9 Å². The van der Waals surface area contributed by atoms with Crippen molar-refractivity contribution in [2.75, 3.05) is 33.2 Å². The smallest absolute Gasteiger partial charge is 0.245 e. The van der Waals surface area contributed by atoms with Gasteiger partial charge in [-0.05, 0) is 6.42 Å². The van der Waals surface area contributed by atoms with Crippen LogP contribution in [0.15, 0.2) is 0 Å². The van der Waals surface area contributed by atoms with E-state index in [1.807, 2.05) is 11.8 Å². The minimum atomic E-state index is -0.305. The minimum Gasteiger partial charge on any atom is -0.338 e. The lowest BCUT2D eigenvalue weighted by atomic mass is 10.1. The highest BCUT2D eigenvalue weighted by Gasteiger charge is 2.26. The van der Waals surface area contributed by atoms with E-state index in [9.17, 15) is 9.59 Å². The first kappa shape index (κ1) is 12.0. The largest absolute Gasteiger partial charge is 0.338 e. The summed E-state index contributed by atoms with van der Waals surface area (Å²) in [4.78, 5) is 25.9. The summed E-state index contributed by atoms with van der Waals surface area (Å²) in [5, 5.41) is 3.19. The van der Waals surface area contributed by atoms with Gasteiger partial charge in [-0.1, -0.05) is 6.92 Å². The molecule has 1 N–H and O–H groups in total. The van der Waals surface area contributed by atoms with Gasteiger partial charge in [-0.2, -0.15) is 0 Å². The molecule has 1 saturated heterocycles. The van der Waals surface area contributed by atoms with Gasteiger partial charge in [-0.15, -0.1) is 0 Å². The Labute approximate surface area is 90.4 Å². The predicted molar refractivity (Wildman–Crippen MR) is 57.4 cm³/mol. The van der Waals surface area contributed by atoms with Gasteiger partial charge in [0, 0.05) is 33.2 Å².